The highest BCUT2D eigenvalue weighted by atomic mass is 32.1. The summed E-state index contributed by atoms with van der Waals surface area (Å²) in [5, 5.41) is 11.5. The Bertz CT molecular complexity index is 877. The normalized spacial score (nSPS) is 10.3. The third-order valence-corrected chi connectivity index (χ3v) is 4.24. The number of amides is 2. The lowest BCUT2D eigenvalue weighted by Gasteiger charge is -2.14. The molecule has 1 aromatic carbocycles. The molecule has 3 rings (SSSR count). The van der Waals surface area contributed by atoms with Gasteiger partial charge in [0, 0.05) is 31.5 Å². The maximum absolute atomic E-state index is 11.9. The van der Waals surface area contributed by atoms with Gasteiger partial charge in [0.1, 0.15) is 17.5 Å². The molecule has 0 aliphatic rings. The molecule has 0 aliphatic heterocycles. The van der Waals surface area contributed by atoms with Crippen molar-refractivity contribution in [3.63, 3.8) is 0 Å². The summed E-state index contributed by atoms with van der Waals surface area (Å²) in [6.45, 7) is 1.86. The van der Waals surface area contributed by atoms with Crippen molar-refractivity contribution in [2.24, 2.45) is 0 Å². The maximum Gasteiger partial charge on any atom is 0.324 e. The predicted octanol–water partition coefficient (Wildman–Crippen LogP) is 4.30. The molecule has 0 aliphatic carbocycles. The number of aromatic nitrogens is 2. The van der Waals surface area contributed by atoms with E-state index in [9.17, 15) is 4.79 Å². The van der Waals surface area contributed by atoms with E-state index in [-0.39, 0.29) is 6.03 Å². The van der Waals surface area contributed by atoms with E-state index in [0.29, 0.717) is 11.5 Å². The van der Waals surface area contributed by atoms with E-state index in [1.165, 1.54) is 11.3 Å². The fourth-order valence-corrected chi connectivity index (χ4v) is 2.87. The van der Waals surface area contributed by atoms with Crippen molar-refractivity contribution in [2.45, 2.75) is 6.92 Å². The van der Waals surface area contributed by atoms with Gasteiger partial charge in [-0.05, 0) is 48.7 Å². The van der Waals surface area contributed by atoms with Gasteiger partial charge in [-0.15, -0.1) is 11.3 Å². The molecule has 0 spiro atoms. The molecular weight excluding hydrogens is 348 g/mol. The lowest BCUT2D eigenvalue weighted by Crippen LogP contribution is -2.18. The number of urea groups is 1. The smallest absolute Gasteiger partial charge is 0.324 e. The molecule has 0 unspecified atom stereocenters. The second-order valence-corrected chi connectivity index (χ2v) is 6.76. The van der Waals surface area contributed by atoms with Gasteiger partial charge in [0.15, 0.2) is 0 Å². The zero-order chi connectivity index (χ0) is 18.5. The Morgan fingerprint density at radius 3 is 2.42 bits per heavy atom. The summed E-state index contributed by atoms with van der Waals surface area (Å²) < 4.78 is 0. The summed E-state index contributed by atoms with van der Waals surface area (Å²) in [7, 11) is 3.88. The topological polar surface area (TPSA) is 82.2 Å². The number of hydrogen-bond acceptors (Lipinski definition) is 6. The fraction of sp³-hybridized carbons (Fsp3) is 0.167. The number of anilines is 5. The van der Waals surface area contributed by atoms with Crippen molar-refractivity contribution < 1.29 is 4.79 Å². The molecule has 8 heteroatoms. The maximum atomic E-state index is 11.9. The molecule has 0 atom stereocenters. The second kappa shape index (κ2) is 7.83. The van der Waals surface area contributed by atoms with Crippen molar-refractivity contribution in [1.82, 2.24) is 9.97 Å². The minimum atomic E-state index is -0.268. The number of nitrogens with one attached hydrogen (secondary N) is 3. The quantitative estimate of drug-likeness (QED) is 0.625. The molecule has 134 valence electrons. The molecule has 0 saturated heterocycles. The van der Waals surface area contributed by atoms with Crippen LogP contribution in [0.15, 0.2) is 47.8 Å². The fourth-order valence-electron chi connectivity index (χ4n) is 2.25. The van der Waals surface area contributed by atoms with Crippen molar-refractivity contribution in [3.05, 3.63) is 53.7 Å². The van der Waals surface area contributed by atoms with Gasteiger partial charge in [0.25, 0.3) is 0 Å². The van der Waals surface area contributed by atoms with Gasteiger partial charge in [-0.3, -0.25) is 5.32 Å². The lowest BCUT2D eigenvalue weighted by molar-refractivity contribution is 0.262. The largest absolute Gasteiger partial charge is 0.363 e. The van der Waals surface area contributed by atoms with Crippen LogP contribution < -0.4 is 20.9 Å². The first-order valence-electron chi connectivity index (χ1n) is 8.01. The van der Waals surface area contributed by atoms with Gasteiger partial charge < -0.3 is 15.5 Å². The van der Waals surface area contributed by atoms with Gasteiger partial charge in [-0.1, -0.05) is 0 Å². The first-order valence-corrected chi connectivity index (χ1v) is 8.89. The van der Waals surface area contributed by atoms with Crippen LogP contribution >= 0.6 is 11.3 Å². The molecule has 0 saturated carbocycles. The first kappa shape index (κ1) is 17.7. The number of nitrogens with zero attached hydrogens (tertiary/aromatic N) is 3. The Kier molecular flexibility index (Phi) is 5.33. The third kappa shape index (κ3) is 4.70. The highest BCUT2D eigenvalue weighted by Gasteiger charge is 2.06. The number of benzene rings is 1. The van der Waals surface area contributed by atoms with Crippen molar-refractivity contribution >= 4 is 45.4 Å². The molecule has 2 aromatic heterocycles. The van der Waals surface area contributed by atoms with E-state index in [1.54, 1.807) is 0 Å². The zero-order valence-corrected chi connectivity index (χ0v) is 15.6. The van der Waals surface area contributed by atoms with Crippen LogP contribution in [-0.2, 0) is 0 Å². The van der Waals surface area contributed by atoms with E-state index < -0.39 is 0 Å². The monoisotopic (exact) mass is 368 g/mol. The molecule has 7 nitrogen and oxygen atoms in total. The van der Waals surface area contributed by atoms with Crippen LogP contribution in [0.3, 0.4) is 0 Å². The number of rotatable bonds is 5. The second-order valence-electron chi connectivity index (χ2n) is 5.81. The lowest BCUT2D eigenvalue weighted by atomic mass is 10.3. The molecule has 2 heterocycles. The van der Waals surface area contributed by atoms with E-state index >= 15 is 0 Å². The van der Waals surface area contributed by atoms with Gasteiger partial charge in [0.2, 0.25) is 0 Å². The first-order chi connectivity index (χ1) is 12.5. The van der Waals surface area contributed by atoms with Crippen LogP contribution in [0.4, 0.5) is 32.8 Å². The number of hydrogen-bond donors (Lipinski definition) is 3. The van der Waals surface area contributed by atoms with Crippen LogP contribution in [-0.4, -0.2) is 30.1 Å². The summed E-state index contributed by atoms with van der Waals surface area (Å²) in [6, 6.07) is 12.8. The van der Waals surface area contributed by atoms with Gasteiger partial charge in [-0.25, -0.2) is 14.8 Å². The van der Waals surface area contributed by atoms with Crippen LogP contribution in [0, 0.1) is 6.92 Å². The minimum Gasteiger partial charge on any atom is -0.363 e. The van der Waals surface area contributed by atoms with Crippen molar-refractivity contribution in [1.29, 1.82) is 0 Å². The average molecular weight is 368 g/mol. The molecule has 26 heavy (non-hydrogen) atoms. The van der Waals surface area contributed by atoms with Crippen molar-refractivity contribution in [2.75, 3.05) is 34.9 Å². The summed E-state index contributed by atoms with van der Waals surface area (Å²) in [5.74, 6) is 2.25. The predicted molar refractivity (Wildman–Crippen MR) is 108 cm³/mol. The Labute approximate surface area is 156 Å². The van der Waals surface area contributed by atoms with Crippen LogP contribution in [0.5, 0.6) is 0 Å². The van der Waals surface area contributed by atoms with Gasteiger partial charge in [-0.2, -0.15) is 0 Å². The minimum absolute atomic E-state index is 0.268. The Hall–Kier alpha value is -3.13. The highest BCUT2D eigenvalue weighted by Crippen LogP contribution is 2.21. The molecule has 0 radical (unpaired) electrons. The van der Waals surface area contributed by atoms with E-state index in [4.69, 9.17) is 0 Å². The summed E-state index contributed by atoms with van der Waals surface area (Å²) >= 11 is 1.47. The molecule has 2 amide bonds. The Balaban J connectivity index is 1.63. The highest BCUT2D eigenvalue weighted by molar-refractivity contribution is 7.14. The zero-order valence-electron chi connectivity index (χ0n) is 14.8. The molecule has 3 N–H and O–H groups in total. The average Bonchev–Trinajstić information content (AvgIpc) is 3.09. The number of carbonyl (C=O) groups is 1. The number of aryl methyl sites for hydroxylation is 1. The van der Waals surface area contributed by atoms with Gasteiger partial charge in [0.05, 0.1) is 5.00 Å². The number of thiophene rings is 1. The number of carbonyl (C=O) groups excluding carboxylic acids is 1. The Morgan fingerprint density at radius 1 is 1.04 bits per heavy atom. The van der Waals surface area contributed by atoms with E-state index in [0.717, 1.165) is 22.3 Å². The molecular formula is C18H20N6OS. The van der Waals surface area contributed by atoms with Crippen LogP contribution in [0.25, 0.3) is 0 Å². The Morgan fingerprint density at radius 2 is 1.77 bits per heavy atom. The van der Waals surface area contributed by atoms with Crippen molar-refractivity contribution in [3.8, 4) is 0 Å². The van der Waals surface area contributed by atoms with Gasteiger partial charge >= 0.3 is 6.03 Å². The molecule has 0 fully saturated rings. The SMILES string of the molecule is Cc1nc(Nc2ccc(NC(=O)Nc3cccs3)cc2)cc(N(C)C)n1. The summed E-state index contributed by atoms with van der Waals surface area (Å²) in [6.07, 6.45) is 0. The third-order valence-electron chi connectivity index (χ3n) is 3.46. The molecule has 0 bridgehead atoms. The summed E-state index contributed by atoms with van der Waals surface area (Å²) in [4.78, 5) is 22.6. The van der Waals surface area contributed by atoms with Crippen LogP contribution in [0.1, 0.15) is 5.82 Å². The van der Waals surface area contributed by atoms with E-state index in [2.05, 4.69) is 25.9 Å². The van der Waals surface area contributed by atoms with E-state index in [1.807, 2.05) is 73.8 Å². The standard InChI is InChI=1S/C18H20N6OS/c1-12-19-15(11-16(20-12)24(2)3)21-13-6-8-14(9-7-13)22-18(25)23-17-5-4-10-26-17/h4-11H,1-3H3,(H,19,20,21)(H2,22,23,25). The summed E-state index contributed by atoms with van der Waals surface area (Å²) in [5.41, 5.74) is 1.58. The molecule has 3 aromatic rings. The van der Waals surface area contributed by atoms with Crippen LogP contribution in [0.2, 0.25) is 0 Å².